The molecule has 0 atom stereocenters. The molecule has 20 heavy (non-hydrogen) atoms. The van der Waals surface area contributed by atoms with Crippen molar-refractivity contribution in [1.82, 2.24) is 0 Å². The van der Waals surface area contributed by atoms with Crippen molar-refractivity contribution in [2.24, 2.45) is 0 Å². The van der Waals surface area contributed by atoms with Gasteiger partial charge in [-0.25, -0.2) is 0 Å². The van der Waals surface area contributed by atoms with E-state index in [-0.39, 0.29) is 11.1 Å². The predicted molar refractivity (Wildman–Crippen MR) is 76.6 cm³/mol. The third kappa shape index (κ3) is 2.97. The number of hydrogen-bond donors (Lipinski definition) is 2. The summed E-state index contributed by atoms with van der Waals surface area (Å²) in [6, 6.07) is 9.76. The van der Waals surface area contributed by atoms with Crippen molar-refractivity contribution in [2.45, 2.75) is 0 Å². The molecule has 0 bridgehead atoms. The summed E-state index contributed by atoms with van der Waals surface area (Å²) >= 11 is 4.53. The molecule has 0 spiro atoms. The van der Waals surface area contributed by atoms with Crippen LogP contribution in [0, 0.1) is 0 Å². The van der Waals surface area contributed by atoms with Gasteiger partial charge in [0.25, 0.3) is 0 Å². The predicted octanol–water partition coefficient (Wildman–Crippen LogP) is 0.338. The molecule has 2 N–H and O–H groups in total. The van der Waals surface area contributed by atoms with Gasteiger partial charge < -0.3 is 0 Å². The van der Waals surface area contributed by atoms with Crippen LogP contribution in [0.15, 0.2) is 36.4 Å². The molecule has 4 nitrogen and oxygen atoms in total. The zero-order chi connectivity index (χ0) is 14.9. The zero-order valence-electron chi connectivity index (χ0n) is 10.1. The summed E-state index contributed by atoms with van der Waals surface area (Å²) in [6.45, 7) is 0. The topological polar surface area (TPSA) is 74.6 Å². The molecule has 2 aromatic carbocycles. The van der Waals surface area contributed by atoms with Crippen molar-refractivity contribution >= 4 is 54.3 Å². The van der Waals surface area contributed by atoms with Gasteiger partial charge in [-0.15, -0.1) is 0 Å². The summed E-state index contributed by atoms with van der Waals surface area (Å²) < 4.78 is 1.50. The van der Waals surface area contributed by atoms with Crippen LogP contribution < -0.4 is 8.70 Å². The van der Waals surface area contributed by atoms with E-state index in [1.54, 1.807) is 24.3 Å². The number of carbonyl (C=O) groups is 2. The Balaban J connectivity index is 2.75. The van der Waals surface area contributed by atoms with Gasteiger partial charge in [0.2, 0.25) is 0 Å². The molecule has 4 radical (unpaired) electrons. The summed E-state index contributed by atoms with van der Waals surface area (Å²) in [7, 11) is 0. The molecule has 0 aliphatic heterocycles. The third-order valence-corrected chi connectivity index (χ3v) is 3.92. The number of carboxylic acids is 2. The minimum absolute atomic E-state index is 0.0870. The molecular formula is C14H8As2O4. The molecule has 0 aliphatic rings. The molecule has 0 heterocycles. The van der Waals surface area contributed by atoms with E-state index < -0.39 is 11.9 Å². The van der Waals surface area contributed by atoms with Crippen LogP contribution in [0.3, 0.4) is 0 Å². The number of carboxylic acid groups (broad SMARTS) is 2. The van der Waals surface area contributed by atoms with E-state index in [1.165, 1.54) is 12.1 Å². The molecule has 2 aromatic rings. The second kappa shape index (κ2) is 5.86. The van der Waals surface area contributed by atoms with Crippen LogP contribution >= 0.6 is 0 Å². The Bertz CT molecular complexity index is 649. The van der Waals surface area contributed by atoms with E-state index in [0.29, 0.717) is 11.1 Å². The minimum atomic E-state index is -1.08. The Labute approximate surface area is 132 Å². The Morgan fingerprint density at radius 2 is 1.10 bits per heavy atom. The van der Waals surface area contributed by atoms with Gasteiger partial charge in [0, 0.05) is 0 Å². The van der Waals surface area contributed by atoms with E-state index in [4.69, 9.17) is 0 Å². The first-order chi connectivity index (χ1) is 9.40. The second-order valence-electron chi connectivity index (χ2n) is 4.07. The number of aromatic carboxylic acids is 2. The maximum atomic E-state index is 11.3. The van der Waals surface area contributed by atoms with E-state index in [1.807, 2.05) is 0 Å². The first kappa shape index (κ1) is 14.9. The summed E-state index contributed by atoms with van der Waals surface area (Å²) in [6.07, 6.45) is 0. The van der Waals surface area contributed by atoms with Gasteiger partial charge >= 0.3 is 133 Å². The molecule has 0 saturated carbocycles. The average Bonchev–Trinajstić information content (AvgIpc) is 2.38. The SMILES string of the molecule is O=C(O)c1cc([As])ccc1-c1ccc([As])cc1C(=O)O. The van der Waals surface area contributed by atoms with Crippen LogP contribution in [0.2, 0.25) is 0 Å². The number of hydrogen-bond acceptors (Lipinski definition) is 2. The molecule has 0 saturated heterocycles. The Morgan fingerprint density at radius 3 is 1.40 bits per heavy atom. The van der Waals surface area contributed by atoms with Gasteiger partial charge in [-0.05, 0) is 0 Å². The fraction of sp³-hybridized carbons (Fsp3) is 0. The van der Waals surface area contributed by atoms with Gasteiger partial charge in [0.15, 0.2) is 0 Å². The van der Waals surface area contributed by atoms with Crippen LogP contribution in [0.25, 0.3) is 11.1 Å². The van der Waals surface area contributed by atoms with Crippen LogP contribution in [-0.4, -0.2) is 55.9 Å². The van der Waals surface area contributed by atoms with Gasteiger partial charge in [0.1, 0.15) is 0 Å². The maximum absolute atomic E-state index is 11.3. The van der Waals surface area contributed by atoms with Gasteiger partial charge in [0.05, 0.1) is 0 Å². The van der Waals surface area contributed by atoms with Crippen LogP contribution in [-0.2, 0) is 0 Å². The molecule has 6 heteroatoms. The monoisotopic (exact) mass is 390 g/mol. The van der Waals surface area contributed by atoms with E-state index in [0.717, 1.165) is 8.70 Å². The van der Waals surface area contributed by atoms with Gasteiger partial charge in [-0.3, -0.25) is 0 Å². The fourth-order valence-corrected chi connectivity index (χ4v) is 2.74. The fourth-order valence-electron chi connectivity index (χ4n) is 1.89. The first-order valence-electron chi connectivity index (χ1n) is 5.53. The van der Waals surface area contributed by atoms with E-state index in [2.05, 4.69) is 33.7 Å². The molecule has 0 aromatic heterocycles. The van der Waals surface area contributed by atoms with Crippen molar-refractivity contribution in [3.8, 4) is 11.1 Å². The quantitative estimate of drug-likeness (QED) is 0.742. The average molecular weight is 390 g/mol. The molecule has 98 valence electrons. The van der Waals surface area contributed by atoms with Crippen LogP contribution in [0.4, 0.5) is 0 Å². The Morgan fingerprint density at radius 1 is 0.750 bits per heavy atom. The summed E-state index contributed by atoms with van der Waals surface area (Å²) in [5.74, 6) is -2.17. The second-order valence-corrected chi connectivity index (χ2v) is 6.24. The van der Waals surface area contributed by atoms with Crippen LogP contribution in [0.1, 0.15) is 20.7 Å². The van der Waals surface area contributed by atoms with E-state index in [9.17, 15) is 19.8 Å². The van der Waals surface area contributed by atoms with Crippen molar-refractivity contribution in [1.29, 1.82) is 0 Å². The van der Waals surface area contributed by atoms with Crippen molar-refractivity contribution in [2.75, 3.05) is 0 Å². The number of benzene rings is 2. The summed E-state index contributed by atoms with van der Waals surface area (Å²) in [5, 5.41) is 18.6. The molecule has 0 amide bonds. The Kier molecular flexibility index (Phi) is 4.37. The molecule has 0 unspecified atom stereocenters. The van der Waals surface area contributed by atoms with Crippen molar-refractivity contribution < 1.29 is 19.8 Å². The zero-order valence-corrected chi connectivity index (χ0v) is 13.8. The summed E-state index contributed by atoms with van der Waals surface area (Å²) in [5.41, 5.74) is 0.974. The normalized spacial score (nSPS) is 10.3. The molecule has 0 aliphatic carbocycles. The number of rotatable bonds is 3. The molecule has 0 fully saturated rings. The van der Waals surface area contributed by atoms with Crippen molar-refractivity contribution in [3.05, 3.63) is 47.5 Å². The van der Waals surface area contributed by atoms with Crippen LogP contribution in [0.5, 0.6) is 0 Å². The summed E-state index contributed by atoms with van der Waals surface area (Å²) in [4.78, 5) is 22.7. The molecular weight excluding hydrogens is 382 g/mol. The Hall–Kier alpha value is -1.50. The third-order valence-electron chi connectivity index (χ3n) is 2.76. The first-order valence-corrected chi connectivity index (χ1v) is 7.41. The van der Waals surface area contributed by atoms with Gasteiger partial charge in [-0.2, -0.15) is 0 Å². The molecule has 2 rings (SSSR count). The van der Waals surface area contributed by atoms with Crippen molar-refractivity contribution in [3.63, 3.8) is 0 Å². The standard InChI is InChI=1S/C14H8As2O4/c15-7-1-3-9(11(5-7)13(17)18)10-4-2-8(16)6-12(10)14(19)20/h1-6H,(H,17,18)(H,19,20). The van der Waals surface area contributed by atoms with Gasteiger partial charge in [-0.1, -0.05) is 0 Å². The van der Waals surface area contributed by atoms with E-state index >= 15 is 0 Å².